The van der Waals surface area contributed by atoms with Crippen LogP contribution in [0.2, 0.25) is 0 Å². The van der Waals surface area contributed by atoms with Crippen LogP contribution in [-0.2, 0) is 4.79 Å². The first-order valence-corrected chi connectivity index (χ1v) is 12.0. The summed E-state index contributed by atoms with van der Waals surface area (Å²) in [6.07, 6.45) is 20.8. The molecule has 3 heteroatoms. The van der Waals surface area contributed by atoms with Crippen molar-refractivity contribution in [3.05, 3.63) is 11.3 Å². The normalized spacial score (nSPS) is 20.3. The summed E-state index contributed by atoms with van der Waals surface area (Å²) in [5.41, 5.74) is 0.571. The van der Waals surface area contributed by atoms with Gasteiger partial charge in [-0.15, -0.1) is 0 Å². The molecule has 0 bridgehead atoms. The van der Waals surface area contributed by atoms with Crippen molar-refractivity contribution in [3.63, 3.8) is 0 Å². The highest BCUT2D eigenvalue weighted by Gasteiger charge is 2.43. The fourth-order valence-electron chi connectivity index (χ4n) is 3.93. The average Bonchev–Trinajstić information content (AvgIpc) is 2.86. The van der Waals surface area contributed by atoms with Gasteiger partial charge in [-0.3, -0.25) is 4.79 Å². The minimum atomic E-state index is -0.321. The zero-order valence-electron chi connectivity index (χ0n) is 17.6. The van der Waals surface area contributed by atoms with E-state index in [2.05, 4.69) is 13.8 Å². The molecule has 152 valence electrons. The molecule has 1 heterocycles. The van der Waals surface area contributed by atoms with Crippen molar-refractivity contribution < 1.29 is 9.90 Å². The molecule has 2 nitrogen and oxygen atoms in total. The highest BCUT2D eigenvalue weighted by atomic mass is 32.2. The molecule has 0 radical (unpaired) electrons. The Labute approximate surface area is 166 Å². The first-order chi connectivity index (χ1) is 12.6. The van der Waals surface area contributed by atoms with E-state index in [0.717, 1.165) is 19.3 Å². The van der Waals surface area contributed by atoms with E-state index in [4.69, 9.17) is 0 Å². The van der Waals surface area contributed by atoms with E-state index in [0.29, 0.717) is 11.3 Å². The van der Waals surface area contributed by atoms with Crippen LogP contribution in [0.1, 0.15) is 124 Å². The molecule has 1 aliphatic heterocycles. The van der Waals surface area contributed by atoms with Crippen LogP contribution in [-0.4, -0.2) is 15.0 Å². The summed E-state index contributed by atoms with van der Waals surface area (Å²) in [7, 11) is 0. The van der Waals surface area contributed by atoms with E-state index in [-0.39, 0.29) is 9.86 Å². The lowest BCUT2D eigenvalue weighted by Gasteiger charge is -2.26. The first-order valence-electron chi connectivity index (χ1n) is 11.2. The second-order valence-electron chi connectivity index (χ2n) is 8.06. The van der Waals surface area contributed by atoms with Gasteiger partial charge in [0.05, 0.1) is 4.75 Å². The molecule has 1 unspecified atom stereocenters. The summed E-state index contributed by atoms with van der Waals surface area (Å²) in [5, 5.41) is 10.4. The van der Waals surface area contributed by atoms with Crippen molar-refractivity contribution in [2.45, 2.75) is 128 Å². The van der Waals surface area contributed by atoms with Gasteiger partial charge in [-0.2, -0.15) is 0 Å². The van der Waals surface area contributed by atoms with Crippen molar-refractivity contribution in [2.75, 3.05) is 0 Å². The minimum Gasteiger partial charge on any atom is -0.510 e. The van der Waals surface area contributed by atoms with Gasteiger partial charge in [-0.1, -0.05) is 116 Å². The predicted octanol–water partition coefficient (Wildman–Crippen LogP) is 8.11. The van der Waals surface area contributed by atoms with Crippen LogP contribution in [0.15, 0.2) is 11.3 Å². The van der Waals surface area contributed by atoms with Gasteiger partial charge in [-0.25, -0.2) is 0 Å². The van der Waals surface area contributed by atoms with Crippen LogP contribution >= 0.6 is 11.8 Å². The Bertz CT molecular complexity index is 430. The summed E-state index contributed by atoms with van der Waals surface area (Å²) in [6.45, 7) is 6.12. The highest BCUT2D eigenvalue weighted by Crippen LogP contribution is 2.48. The molecule has 0 spiro atoms. The average molecular weight is 383 g/mol. The van der Waals surface area contributed by atoms with Crippen molar-refractivity contribution >= 4 is 16.9 Å². The Hall–Kier alpha value is -0.440. The molecule has 0 saturated heterocycles. The van der Waals surface area contributed by atoms with E-state index in [1.54, 1.807) is 6.92 Å². The fraction of sp³-hybridized carbons (Fsp3) is 0.870. The SMILES string of the molecule is CCCCCCCCCCCCCCCCC1(CC)SC(=O)C(C)=C1O. The third kappa shape index (κ3) is 8.06. The topological polar surface area (TPSA) is 37.3 Å². The molecular weight excluding hydrogens is 340 g/mol. The Morgan fingerprint density at radius 3 is 1.54 bits per heavy atom. The molecule has 1 N–H and O–H groups in total. The third-order valence-electron chi connectivity index (χ3n) is 5.89. The maximum absolute atomic E-state index is 11.9. The largest absolute Gasteiger partial charge is 0.510 e. The maximum Gasteiger partial charge on any atom is 0.219 e. The Morgan fingerprint density at radius 2 is 1.19 bits per heavy atom. The number of rotatable bonds is 16. The molecule has 0 aromatic rings. The van der Waals surface area contributed by atoms with E-state index >= 15 is 0 Å². The van der Waals surface area contributed by atoms with E-state index in [1.807, 2.05) is 0 Å². The molecule has 0 aromatic heterocycles. The van der Waals surface area contributed by atoms with Gasteiger partial charge in [0.25, 0.3) is 0 Å². The molecule has 0 saturated carbocycles. The van der Waals surface area contributed by atoms with E-state index < -0.39 is 0 Å². The lowest BCUT2D eigenvalue weighted by Crippen LogP contribution is -2.24. The maximum atomic E-state index is 11.9. The number of unbranched alkanes of at least 4 members (excludes halogenated alkanes) is 13. The monoisotopic (exact) mass is 382 g/mol. The lowest BCUT2D eigenvalue weighted by atomic mass is 9.93. The summed E-state index contributed by atoms with van der Waals surface area (Å²) in [4.78, 5) is 11.9. The smallest absolute Gasteiger partial charge is 0.219 e. The number of thioether (sulfide) groups is 1. The number of hydrogen-bond acceptors (Lipinski definition) is 3. The van der Waals surface area contributed by atoms with Crippen LogP contribution in [0.4, 0.5) is 0 Å². The minimum absolute atomic E-state index is 0.0645. The summed E-state index contributed by atoms with van der Waals surface area (Å²) in [6, 6.07) is 0. The Kier molecular flexibility index (Phi) is 12.4. The standard InChI is InChI=1S/C23H42O2S/c1-4-6-7-8-9-10-11-12-13-14-15-16-17-18-19-23(5-2)21(24)20(3)22(25)26-23/h24H,4-19H2,1-3H3. The number of hydrogen-bond donors (Lipinski definition) is 1. The number of aliphatic hydroxyl groups is 1. The summed E-state index contributed by atoms with van der Waals surface area (Å²) < 4.78 is -0.321. The van der Waals surface area contributed by atoms with Crippen molar-refractivity contribution in [1.29, 1.82) is 0 Å². The zero-order valence-corrected chi connectivity index (χ0v) is 18.4. The number of aliphatic hydroxyl groups excluding tert-OH is 1. The molecule has 0 amide bonds. The van der Waals surface area contributed by atoms with Crippen LogP contribution < -0.4 is 0 Å². The molecule has 0 aromatic carbocycles. The van der Waals surface area contributed by atoms with E-state index in [9.17, 15) is 9.90 Å². The Balaban J connectivity index is 1.96. The molecule has 1 atom stereocenters. The van der Waals surface area contributed by atoms with Crippen LogP contribution in [0.25, 0.3) is 0 Å². The number of carbonyl (C=O) groups is 1. The van der Waals surface area contributed by atoms with Gasteiger partial charge in [0, 0.05) is 5.57 Å². The van der Waals surface area contributed by atoms with Gasteiger partial charge in [0.1, 0.15) is 5.76 Å². The van der Waals surface area contributed by atoms with E-state index in [1.165, 1.54) is 95.2 Å². The highest BCUT2D eigenvalue weighted by molar-refractivity contribution is 8.15. The van der Waals surface area contributed by atoms with Crippen LogP contribution in [0.5, 0.6) is 0 Å². The fourth-order valence-corrected chi connectivity index (χ4v) is 5.18. The van der Waals surface area contributed by atoms with Crippen LogP contribution in [0, 0.1) is 0 Å². The van der Waals surface area contributed by atoms with Gasteiger partial charge >= 0.3 is 0 Å². The third-order valence-corrected chi connectivity index (χ3v) is 7.45. The summed E-state index contributed by atoms with van der Waals surface area (Å²) >= 11 is 1.35. The second kappa shape index (κ2) is 13.7. The van der Waals surface area contributed by atoms with Gasteiger partial charge in [0.2, 0.25) is 5.12 Å². The molecule has 0 fully saturated rings. The van der Waals surface area contributed by atoms with Gasteiger partial charge in [0.15, 0.2) is 0 Å². The van der Waals surface area contributed by atoms with Crippen molar-refractivity contribution in [2.24, 2.45) is 0 Å². The first kappa shape index (κ1) is 23.6. The number of carbonyl (C=O) groups excluding carboxylic acids is 1. The quantitative estimate of drug-likeness (QED) is 0.274. The molecular formula is C23H42O2S. The second-order valence-corrected chi connectivity index (χ2v) is 9.41. The molecule has 1 aliphatic rings. The van der Waals surface area contributed by atoms with Crippen molar-refractivity contribution in [3.8, 4) is 0 Å². The van der Waals surface area contributed by atoms with Crippen LogP contribution in [0.3, 0.4) is 0 Å². The van der Waals surface area contributed by atoms with Gasteiger partial charge < -0.3 is 5.11 Å². The lowest BCUT2D eigenvalue weighted by molar-refractivity contribution is -0.107. The summed E-state index contributed by atoms with van der Waals surface area (Å²) in [5.74, 6) is 0.352. The molecule has 1 rings (SSSR count). The Morgan fingerprint density at radius 1 is 0.769 bits per heavy atom. The zero-order chi connectivity index (χ0) is 19.3. The molecule has 26 heavy (non-hydrogen) atoms. The van der Waals surface area contributed by atoms with Gasteiger partial charge in [-0.05, 0) is 19.8 Å². The molecule has 0 aliphatic carbocycles. The predicted molar refractivity (Wildman–Crippen MR) is 116 cm³/mol. The van der Waals surface area contributed by atoms with Crippen molar-refractivity contribution in [1.82, 2.24) is 0 Å².